The molecule has 1 unspecified atom stereocenters. The normalized spacial score (nSPS) is 17.9. The molecule has 3 rings (SSSR count). The standard InChI is InChI=1S/C24H32N2O/c1-17(2)24(27)25-23-6-5-11-26(16-23)15-20-7-9-21(10-8-20)22-13-18(3)12-19(4)14-22/h7-10,12-14,17,23H,5-6,11,15-16H2,1-4H3,(H,25,27). The van der Waals surface area contributed by atoms with Gasteiger partial charge in [-0.2, -0.15) is 0 Å². The summed E-state index contributed by atoms with van der Waals surface area (Å²) in [4.78, 5) is 14.4. The third kappa shape index (κ3) is 5.43. The van der Waals surface area contributed by atoms with Crippen LogP contribution in [0.4, 0.5) is 0 Å². The molecule has 1 atom stereocenters. The lowest BCUT2D eigenvalue weighted by Crippen LogP contribution is -2.48. The number of likely N-dealkylation sites (tertiary alicyclic amines) is 1. The Morgan fingerprint density at radius 1 is 1.07 bits per heavy atom. The molecule has 0 radical (unpaired) electrons. The molecular formula is C24H32N2O. The number of nitrogens with zero attached hydrogens (tertiary/aromatic N) is 1. The van der Waals surface area contributed by atoms with Crippen LogP contribution in [0, 0.1) is 19.8 Å². The lowest BCUT2D eigenvalue weighted by Gasteiger charge is -2.33. The van der Waals surface area contributed by atoms with E-state index in [9.17, 15) is 4.79 Å². The number of piperidine rings is 1. The Kier molecular flexibility index (Phi) is 6.33. The van der Waals surface area contributed by atoms with E-state index in [2.05, 4.69) is 66.5 Å². The van der Waals surface area contributed by atoms with E-state index in [1.165, 1.54) is 27.8 Å². The zero-order valence-electron chi connectivity index (χ0n) is 17.1. The highest BCUT2D eigenvalue weighted by Crippen LogP contribution is 2.23. The number of nitrogens with one attached hydrogen (secondary N) is 1. The van der Waals surface area contributed by atoms with Gasteiger partial charge in [0.25, 0.3) is 0 Å². The Morgan fingerprint density at radius 3 is 2.37 bits per heavy atom. The number of carbonyl (C=O) groups excluding carboxylic acids is 1. The van der Waals surface area contributed by atoms with Crippen molar-refractivity contribution in [2.75, 3.05) is 13.1 Å². The van der Waals surface area contributed by atoms with Gasteiger partial charge in [0.2, 0.25) is 5.91 Å². The fraction of sp³-hybridized carbons (Fsp3) is 0.458. The van der Waals surface area contributed by atoms with Gasteiger partial charge in [0.15, 0.2) is 0 Å². The molecular weight excluding hydrogens is 332 g/mol. The summed E-state index contributed by atoms with van der Waals surface area (Å²) < 4.78 is 0. The van der Waals surface area contributed by atoms with Gasteiger partial charge < -0.3 is 5.32 Å². The number of hydrogen-bond acceptors (Lipinski definition) is 2. The summed E-state index contributed by atoms with van der Waals surface area (Å²) in [5, 5.41) is 3.19. The van der Waals surface area contributed by atoms with Gasteiger partial charge in [-0.05, 0) is 49.9 Å². The minimum atomic E-state index is 0.0539. The van der Waals surface area contributed by atoms with Crippen LogP contribution < -0.4 is 5.32 Å². The van der Waals surface area contributed by atoms with E-state index in [0.717, 1.165) is 32.5 Å². The average Bonchev–Trinajstić information content (AvgIpc) is 2.61. The number of amides is 1. The number of benzene rings is 2. The molecule has 1 heterocycles. The van der Waals surface area contributed by atoms with Crippen molar-refractivity contribution < 1.29 is 4.79 Å². The quantitative estimate of drug-likeness (QED) is 0.833. The van der Waals surface area contributed by atoms with Gasteiger partial charge in [-0.15, -0.1) is 0 Å². The van der Waals surface area contributed by atoms with Gasteiger partial charge in [-0.1, -0.05) is 67.4 Å². The Morgan fingerprint density at radius 2 is 1.74 bits per heavy atom. The van der Waals surface area contributed by atoms with Crippen molar-refractivity contribution >= 4 is 5.91 Å². The fourth-order valence-corrected chi connectivity index (χ4v) is 3.89. The average molecular weight is 365 g/mol. The van der Waals surface area contributed by atoms with Crippen molar-refractivity contribution in [2.24, 2.45) is 5.92 Å². The zero-order valence-corrected chi connectivity index (χ0v) is 17.1. The third-order valence-electron chi connectivity index (χ3n) is 5.29. The van der Waals surface area contributed by atoms with Crippen molar-refractivity contribution in [3.63, 3.8) is 0 Å². The molecule has 1 aliphatic rings. The smallest absolute Gasteiger partial charge is 0.222 e. The second-order valence-corrected chi connectivity index (χ2v) is 8.31. The maximum atomic E-state index is 12.0. The number of carbonyl (C=O) groups is 1. The maximum Gasteiger partial charge on any atom is 0.222 e. The fourth-order valence-electron chi connectivity index (χ4n) is 3.89. The molecule has 0 bridgehead atoms. The van der Waals surface area contributed by atoms with E-state index >= 15 is 0 Å². The van der Waals surface area contributed by atoms with E-state index in [-0.39, 0.29) is 17.9 Å². The van der Waals surface area contributed by atoms with Crippen LogP contribution >= 0.6 is 0 Å². The molecule has 27 heavy (non-hydrogen) atoms. The largest absolute Gasteiger partial charge is 0.352 e. The second kappa shape index (κ2) is 8.71. The monoisotopic (exact) mass is 364 g/mol. The second-order valence-electron chi connectivity index (χ2n) is 8.31. The zero-order chi connectivity index (χ0) is 19.4. The first-order valence-corrected chi connectivity index (χ1v) is 10.1. The van der Waals surface area contributed by atoms with Crippen molar-refractivity contribution in [3.8, 4) is 11.1 Å². The number of hydrogen-bond donors (Lipinski definition) is 1. The number of aryl methyl sites for hydroxylation is 2. The highest BCUT2D eigenvalue weighted by molar-refractivity contribution is 5.78. The highest BCUT2D eigenvalue weighted by Gasteiger charge is 2.22. The molecule has 1 aliphatic heterocycles. The topological polar surface area (TPSA) is 32.3 Å². The summed E-state index contributed by atoms with van der Waals surface area (Å²) in [7, 11) is 0. The van der Waals surface area contributed by atoms with Crippen LogP contribution in [0.3, 0.4) is 0 Å². The summed E-state index contributed by atoms with van der Waals surface area (Å²) in [5.41, 5.74) is 6.49. The first-order chi connectivity index (χ1) is 12.9. The Labute approximate surface area is 163 Å². The van der Waals surface area contributed by atoms with Gasteiger partial charge in [-0.25, -0.2) is 0 Å². The molecule has 1 saturated heterocycles. The molecule has 0 spiro atoms. The SMILES string of the molecule is Cc1cc(C)cc(-c2ccc(CN3CCCC(NC(=O)C(C)C)C3)cc2)c1. The maximum absolute atomic E-state index is 12.0. The Balaban J connectivity index is 1.61. The van der Waals surface area contributed by atoms with Crippen LogP contribution in [-0.4, -0.2) is 29.9 Å². The van der Waals surface area contributed by atoms with Crippen LogP contribution in [0.5, 0.6) is 0 Å². The molecule has 3 nitrogen and oxygen atoms in total. The first kappa shape index (κ1) is 19.6. The molecule has 0 aliphatic carbocycles. The summed E-state index contributed by atoms with van der Waals surface area (Å²) in [6, 6.07) is 15.9. The van der Waals surface area contributed by atoms with Gasteiger partial charge in [-0.3, -0.25) is 9.69 Å². The van der Waals surface area contributed by atoms with Crippen molar-refractivity contribution in [1.29, 1.82) is 0 Å². The predicted molar refractivity (Wildman–Crippen MR) is 113 cm³/mol. The lowest BCUT2D eigenvalue weighted by molar-refractivity contribution is -0.125. The van der Waals surface area contributed by atoms with Crippen LogP contribution in [-0.2, 0) is 11.3 Å². The molecule has 1 N–H and O–H groups in total. The van der Waals surface area contributed by atoms with E-state index in [1.807, 2.05) is 13.8 Å². The molecule has 0 aromatic heterocycles. The van der Waals surface area contributed by atoms with Crippen LogP contribution in [0.25, 0.3) is 11.1 Å². The van der Waals surface area contributed by atoms with Gasteiger partial charge in [0.05, 0.1) is 0 Å². The third-order valence-corrected chi connectivity index (χ3v) is 5.29. The summed E-state index contributed by atoms with van der Waals surface area (Å²) in [6.45, 7) is 11.2. The van der Waals surface area contributed by atoms with E-state index in [4.69, 9.17) is 0 Å². The molecule has 144 valence electrons. The summed E-state index contributed by atoms with van der Waals surface area (Å²) in [5.74, 6) is 0.220. The van der Waals surface area contributed by atoms with Crippen LogP contribution in [0.1, 0.15) is 43.4 Å². The summed E-state index contributed by atoms with van der Waals surface area (Å²) >= 11 is 0. The lowest BCUT2D eigenvalue weighted by atomic mass is 9.99. The number of rotatable bonds is 5. The minimum absolute atomic E-state index is 0.0539. The van der Waals surface area contributed by atoms with Gasteiger partial charge in [0.1, 0.15) is 0 Å². The van der Waals surface area contributed by atoms with Gasteiger partial charge >= 0.3 is 0 Å². The predicted octanol–water partition coefficient (Wildman–Crippen LogP) is 4.71. The molecule has 0 saturated carbocycles. The van der Waals surface area contributed by atoms with Crippen molar-refractivity contribution in [3.05, 3.63) is 59.2 Å². The first-order valence-electron chi connectivity index (χ1n) is 10.1. The Bertz CT molecular complexity index is 759. The molecule has 2 aromatic carbocycles. The van der Waals surface area contributed by atoms with Crippen LogP contribution in [0.15, 0.2) is 42.5 Å². The molecule has 2 aromatic rings. The van der Waals surface area contributed by atoms with Crippen molar-refractivity contribution in [2.45, 2.75) is 53.1 Å². The van der Waals surface area contributed by atoms with E-state index in [1.54, 1.807) is 0 Å². The van der Waals surface area contributed by atoms with Gasteiger partial charge in [0, 0.05) is 25.0 Å². The van der Waals surface area contributed by atoms with E-state index in [0.29, 0.717) is 0 Å². The minimum Gasteiger partial charge on any atom is -0.352 e. The molecule has 3 heteroatoms. The molecule has 1 amide bonds. The Hall–Kier alpha value is -2.13. The summed E-state index contributed by atoms with van der Waals surface area (Å²) in [6.07, 6.45) is 2.23. The van der Waals surface area contributed by atoms with E-state index < -0.39 is 0 Å². The highest BCUT2D eigenvalue weighted by atomic mass is 16.1. The molecule has 1 fully saturated rings. The van der Waals surface area contributed by atoms with Crippen LogP contribution in [0.2, 0.25) is 0 Å². The van der Waals surface area contributed by atoms with Crippen molar-refractivity contribution in [1.82, 2.24) is 10.2 Å².